The fourth-order valence-corrected chi connectivity index (χ4v) is 2.29. The average Bonchev–Trinajstić information content (AvgIpc) is 3.31. The lowest BCUT2D eigenvalue weighted by atomic mass is 10.2. The van der Waals surface area contributed by atoms with Gasteiger partial charge in [0, 0.05) is 32.2 Å². The van der Waals surface area contributed by atoms with E-state index in [9.17, 15) is 9.90 Å². The molecule has 0 unspecified atom stereocenters. The number of phenolic OH excluding ortho intramolecular Hbond substituents is 1. The summed E-state index contributed by atoms with van der Waals surface area (Å²) in [6.07, 6.45) is 2.10. The molecule has 0 aliphatic heterocycles. The van der Waals surface area contributed by atoms with E-state index in [4.69, 9.17) is 5.11 Å². The topological polar surface area (TPSA) is 76.0 Å². The van der Waals surface area contributed by atoms with E-state index in [2.05, 4.69) is 5.32 Å². The molecule has 1 aromatic carbocycles. The highest BCUT2D eigenvalue weighted by molar-refractivity contribution is 5.75. The van der Waals surface area contributed by atoms with Crippen LogP contribution in [0.2, 0.25) is 0 Å². The lowest BCUT2D eigenvalue weighted by Crippen LogP contribution is -2.43. The summed E-state index contributed by atoms with van der Waals surface area (Å²) in [6.45, 7) is 2.57. The van der Waals surface area contributed by atoms with Crippen LogP contribution in [0.15, 0.2) is 24.3 Å². The quantitative estimate of drug-likeness (QED) is 0.669. The first kappa shape index (κ1) is 16.6. The van der Waals surface area contributed by atoms with Gasteiger partial charge in [-0.3, -0.25) is 0 Å². The van der Waals surface area contributed by atoms with Gasteiger partial charge < -0.3 is 25.3 Å². The number of phenols is 1. The summed E-state index contributed by atoms with van der Waals surface area (Å²) in [6, 6.07) is 7.24. The summed E-state index contributed by atoms with van der Waals surface area (Å²) in [7, 11) is 1.91. The van der Waals surface area contributed by atoms with Gasteiger partial charge >= 0.3 is 6.03 Å². The van der Waals surface area contributed by atoms with Crippen LogP contribution < -0.4 is 5.32 Å². The molecule has 1 saturated carbocycles. The van der Waals surface area contributed by atoms with Crippen molar-refractivity contribution in [1.82, 2.24) is 15.1 Å². The Labute approximate surface area is 131 Å². The molecule has 2 amide bonds. The molecule has 3 N–H and O–H groups in total. The van der Waals surface area contributed by atoms with Gasteiger partial charge in [-0.2, -0.15) is 0 Å². The van der Waals surface area contributed by atoms with Crippen LogP contribution in [-0.4, -0.2) is 65.4 Å². The number of urea groups is 1. The van der Waals surface area contributed by atoms with Gasteiger partial charge in [0.2, 0.25) is 0 Å². The highest BCUT2D eigenvalue weighted by Crippen LogP contribution is 2.28. The second kappa shape index (κ2) is 8.00. The Hall–Kier alpha value is -1.79. The second-order valence-corrected chi connectivity index (χ2v) is 5.78. The number of hydrogen-bond acceptors (Lipinski definition) is 4. The van der Waals surface area contributed by atoms with Crippen LogP contribution in [0.4, 0.5) is 4.79 Å². The number of amides is 2. The molecule has 0 saturated heterocycles. The Bertz CT molecular complexity index is 474. The van der Waals surface area contributed by atoms with Crippen molar-refractivity contribution in [3.8, 4) is 5.75 Å². The van der Waals surface area contributed by atoms with Crippen LogP contribution >= 0.6 is 0 Å². The van der Waals surface area contributed by atoms with Crippen molar-refractivity contribution in [3.05, 3.63) is 29.8 Å². The Morgan fingerprint density at radius 1 is 1.27 bits per heavy atom. The van der Waals surface area contributed by atoms with E-state index in [1.165, 1.54) is 0 Å². The average molecular weight is 307 g/mol. The molecule has 1 fully saturated rings. The number of nitrogens with zero attached hydrogens (tertiary/aromatic N) is 2. The van der Waals surface area contributed by atoms with Crippen molar-refractivity contribution in [1.29, 1.82) is 0 Å². The minimum Gasteiger partial charge on any atom is -0.508 e. The monoisotopic (exact) mass is 307 g/mol. The van der Waals surface area contributed by atoms with Crippen LogP contribution in [0.3, 0.4) is 0 Å². The number of benzene rings is 1. The smallest absolute Gasteiger partial charge is 0.317 e. The van der Waals surface area contributed by atoms with Crippen molar-refractivity contribution in [2.24, 2.45) is 0 Å². The molecule has 1 aliphatic carbocycles. The maximum Gasteiger partial charge on any atom is 0.317 e. The highest BCUT2D eigenvalue weighted by Gasteiger charge is 2.32. The molecule has 0 radical (unpaired) electrons. The summed E-state index contributed by atoms with van der Waals surface area (Å²) in [5.41, 5.74) is 1.01. The van der Waals surface area contributed by atoms with Crippen molar-refractivity contribution in [3.63, 3.8) is 0 Å². The first-order chi connectivity index (χ1) is 10.6. The SMILES string of the molecule is CN(CCO)CCNC(=O)N(Cc1ccc(O)cc1)C1CC1. The Balaban J connectivity index is 1.82. The fraction of sp³-hybridized carbons (Fsp3) is 0.562. The van der Waals surface area contributed by atoms with E-state index in [0.717, 1.165) is 18.4 Å². The van der Waals surface area contributed by atoms with Gasteiger partial charge in [0.1, 0.15) is 5.75 Å². The number of carbonyl (C=O) groups is 1. The first-order valence-electron chi connectivity index (χ1n) is 7.72. The maximum absolute atomic E-state index is 12.3. The number of hydrogen-bond donors (Lipinski definition) is 3. The zero-order valence-corrected chi connectivity index (χ0v) is 13.0. The van der Waals surface area contributed by atoms with Crippen LogP contribution in [0, 0.1) is 0 Å². The van der Waals surface area contributed by atoms with E-state index in [0.29, 0.717) is 32.2 Å². The molecule has 122 valence electrons. The zero-order chi connectivity index (χ0) is 15.9. The molecule has 1 aliphatic rings. The molecule has 2 rings (SSSR count). The molecular weight excluding hydrogens is 282 g/mol. The number of nitrogens with one attached hydrogen (secondary N) is 1. The number of aromatic hydroxyl groups is 1. The molecule has 22 heavy (non-hydrogen) atoms. The van der Waals surface area contributed by atoms with E-state index < -0.39 is 0 Å². The summed E-state index contributed by atoms with van der Waals surface area (Å²) in [5.74, 6) is 0.234. The molecule has 6 heteroatoms. The number of rotatable bonds is 8. The molecule has 0 heterocycles. The Morgan fingerprint density at radius 3 is 2.55 bits per heavy atom. The van der Waals surface area contributed by atoms with E-state index in [1.54, 1.807) is 12.1 Å². The standard InChI is InChI=1S/C16H25N3O3/c1-18(10-11-20)9-8-17-16(22)19(14-4-5-14)12-13-2-6-15(21)7-3-13/h2-3,6-7,14,20-21H,4-5,8-12H2,1H3,(H,17,22). The van der Waals surface area contributed by atoms with Gasteiger partial charge in [-0.25, -0.2) is 4.79 Å². The molecule has 6 nitrogen and oxygen atoms in total. The van der Waals surface area contributed by atoms with E-state index in [1.807, 2.05) is 29.0 Å². The van der Waals surface area contributed by atoms with Gasteiger partial charge in [0.25, 0.3) is 0 Å². The lowest BCUT2D eigenvalue weighted by molar-refractivity contribution is 0.188. The largest absolute Gasteiger partial charge is 0.508 e. The molecule has 0 aromatic heterocycles. The summed E-state index contributed by atoms with van der Waals surface area (Å²) in [5, 5.41) is 21.1. The third-order valence-electron chi connectivity index (χ3n) is 3.79. The number of aliphatic hydroxyl groups is 1. The number of aliphatic hydroxyl groups excluding tert-OH is 1. The van der Waals surface area contributed by atoms with Crippen LogP contribution in [-0.2, 0) is 6.54 Å². The van der Waals surface area contributed by atoms with Crippen molar-refractivity contribution < 1.29 is 15.0 Å². The maximum atomic E-state index is 12.3. The van der Waals surface area contributed by atoms with Crippen molar-refractivity contribution >= 4 is 6.03 Å². The van der Waals surface area contributed by atoms with Crippen molar-refractivity contribution in [2.75, 3.05) is 33.3 Å². The van der Waals surface area contributed by atoms with Crippen LogP contribution in [0.25, 0.3) is 0 Å². The van der Waals surface area contributed by atoms with Crippen LogP contribution in [0.5, 0.6) is 5.75 Å². The minimum absolute atomic E-state index is 0.0482. The van der Waals surface area contributed by atoms with Gasteiger partial charge in [-0.1, -0.05) is 12.1 Å². The highest BCUT2D eigenvalue weighted by atomic mass is 16.3. The third-order valence-corrected chi connectivity index (χ3v) is 3.79. The van der Waals surface area contributed by atoms with E-state index in [-0.39, 0.29) is 18.4 Å². The molecule has 1 aromatic rings. The lowest BCUT2D eigenvalue weighted by Gasteiger charge is -2.24. The fourth-order valence-electron chi connectivity index (χ4n) is 2.29. The Kier molecular flexibility index (Phi) is 6.03. The van der Waals surface area contributed by atoms with Gasteiger partial charge in [0.05, 0.1) is 6.61 Å². The summed E-state index contributed by atoms with van der Waals surface area (Å²) < 4.78 is 0. The normalized spacial score (nSPS) is 14.1. The van der Waals surface area contributed by atoms with Crippen LogP contribution in [0.1, 0.15) is 18.4 Å². The van der Waals surface area contributed by atoms with Crippen molar-refractivity contribution in [2.45, 2.75) is 25.4 Å². The molecular formula is C16H25N3O3. The predicted octanol–water partition coefficient (Wildman–Crippen LogP) is 0.990. The second-order valence-electron chi connectivity index (χ2n) is 5.78. The third kappa shape index (κ3) is 5.20. The minimum atomic E-state index is -0.0482. The molecule has 0 atom stereocenters. The number of carbonyl (C=O) groups excluding carboxylic acids is 1. The number of likely N-dealkylation sites (N-methyl/N-ethyl adjacent to an activating group) is 1. The first-order valence-corrected chi connectivity index (χ1v) is 7.72. The van der Waals surface area contributed by atoms with Gasteiger partial charge in [-0.05, 0) is 37.6 Å². The predicted molar refractivity (Wildman–Crippen MR) is 84.7 cm³/mol. The Morgan fingerprint density at radius 2 is 1.95 bits per heavy atom. The van der Waals surface area contributed by atoms with Gasteiger partial charge in [-0.15, -0.1) is 0 Å². The van der Waals surface area contributed by atoms with Gasteiger partial charge in [0.15, 0.2) is 0 Å². The zero-order valence-electron chi connectivity index (χ0n) is 13.0. The summed E-state index contributed by atoms with van der Waals surface area (Å²) >= 11 is 0. The van der Waals surface area contributed by atoms with E-state index >= 15 is 0 Å². The summed E-state index contributed by atoms with van der Waals surface area (Å²) in [4.78, 5) is 16.2. The molecule has 0 spiro atoms. The molecule has 0 bridgehead atoms.